The van der Waals surface area contributed by atoms with Crippen molar-refractivity contribution in [2.45, 2.75) is 46.1 Å². The first-order chi connectivity index (χ1) is 14.2. The number of methoxy groups -OCH3 is 1. The van der Waals surface area contributed by atoms with Crippen LogP contribution >= 0.6 is 0 Å². The molecule has 0 spiro atoms. The van der Waals surface area contributed by atoms with Crippen molar-refractivity contribution < 1.29 is 4.74 Å². The summed E-state index contributed by atoms with van der Waals surface area (Å²) < 4.78 is 7.35. The molecule has 1 saturated heterocycles. The third kappa shape index (κ3) is 6.21. The molecule has 1 aliphatic heterocycles. The molecular weight excluding hydrogens is 364 g/mol. The van der Waals surface area contributed by atoms with Crippen LogP contribution in [0.4, 0.5) is 0 Å². The van der Waals surface area contributed by atoms with Gasteiger partial charge in [0.25, 0.3) is 0 Å². The van der Waals surface area contributed by atoms with Crippen molar-refractivity contribution >= 4 is 5.96 Å². The van der Waals surface area contributed by atoms with E-state index in [-0.39, 0.29) is 0 Å². The van der Waals surface area contributed by atoms with E-state index in [2.05, 4.69) is 51.0 Å². The Morgan fingerprint density at radius 1 is 1.24 bits per heavy atom. The number of hydrogen-bond acceptors (Lipinski definition) is 4. The third-order valence-electron chi connectivity index (χ3n) is 5.55. The summed E-state index contributed by atoms with van der Waals surface area (Å²) in [5.74, 6) is 3.74. The van der Waals surface area contributed by atoms with Gasteiger partial charge in [0, 0.05) is 39.1 Å². The van der Waals surface area contributed by atoms with Gasteiger partial charge in [-0.3, -0.25) is 4.99 Å². The lowest BCUT2D eigenvalue weighted by Gasteiger charge is -2.33. The average molecular weight is 399 g/mol. The van der Waals surface area contributed by atoms with Crippen LogP contribution < -0.4 is 10.1 Å². The maximum Gasteiger partial charge on any atom is 0.193 e. The molecule has 0 amide bonds. The molecule has 3 rings (SSSR count). The Kier molecular flexibility index (Phi) is 7.90. The van der Waals surface area contributed by atoms with Crippen LogP contribution in [0.15, 0.2) is 35.6 Å². The molecule has 0 saturated carbocycles. The van der Waals surface area contributed by atoms with E-state index in [4.69, 9.17) is 9.73 Å². The average Bonchev–Trinajstić information content (AvgIpc) is 3.21. The second-order valence-corrected chi connectivity index (χ2v) is 7.69. The summed E-state index contributed by atoms with van der Waals surface area (Å²) in [6.45, 7) is 9.02. The van der Waals surface area contributed by atoms with Crippen molar-refractivity contribution in [1.29, 1.82) is 0 Å². The Bertz CT molecular complexity index is 762. The number of nitrogens with zero attached hydrogens (tertiary/aromatic N) is 5. The maximum absolute atomic E-state index is 5.24. The van der Waals surface area contributed by atoms with E-state index >= 15 is 0 Å². The molecule has 29 heavy (non-hydrogen) atoms. The fraction of sp³-hybridized carbons (Fsp3) is 0.591. The highest BCUT2D eigenvalue weighted by Gasteiger charge is 2.18. The number of aliphatic imine (C=N–C) groups is 1. The second kappa shape index (κ2) is 10.8. The predicted octanol–water partition coefficient (Wildman–Crippen LogP) is 2.77. The van der Waals surface area contributed by atoms with Gasteiger partial charge in [0.1, 0.15) is 17.9 Å². The van der Waals surface area contributed by atoms with E-state index in [1.165, 1.54) is 18.4 Å². The van der Waals surface area contributed by atoms with Crippen molar-refractivity contribution in [2.24, 2.45) is 10.9 Å². The fourth-order valence-corrected chi connectivity index (χ4v) is 3.60. The fourth-order valence-electron chi connectivity index (χ4n) is 3.60. The van der Waals surface area contributed by atoms with E-state index in [1.807, 2.05) is 18.5 Å². The van der Waals surface area contributed by atoms with E-state index in [9.17, 15) is 0 Å². The molecule has 0 unspecified atom stereocenters. The molecule has 7 heteroatoms. The third-order valence-corrected chi connectivity index (χ3v) is 5.55. The number of guanidine groups is 1. The highest BCUT2D eigenvalue weighted by molar-refractivity contribution is 5.80. The molecule has 0 bridgehead atoms. The summed E-state index contributed by atoms with van der Waals surface area (Å²) in [6.07, 6.45) is 6.08. The van der Waals surface area contributed by atoms with Gasteiger partial charge in [-0.15, -0.1) is 10.2 Å². The second-order valence-electron chi connectivity index (χ2n) is 7.69. The molecule has 0 radical (unpaired) electrons. The number of hydrogen-bond donors (Lipinski definition) is 1. The maximum atomic E-state index is 5.24. The molecule has 1 aliphatic rings. The SMILES string of the molecule is CCc1nncn1CCNC(=NCCc1ccc(OC)cc1)N1CCC(C)CC1. The van der Waals surface area contributed by atoms with E-state index in [0.29, 0.717) is 0 Å². The van der Waals surface area contributed by atoms with Crippen molar-refractivity contribution in [3.8, 4) is 5.75 Å². The molecular formula is C22H34N6O. The van der Waals surface area contributed by atoms with Gasteiger partial charge in [-0.05, 0) is 42.9 Å². The van der Waals surface area contributed by atoms with Crippen molar-refractivity contribution in [3.63, 3.8) is 0 Å². The lowest BCUT2D eigenvalue weighted by molar-refractivity contribution is 0.273. The molecule has 0 atom stereocenters. The number of ether oxygens (including phenoxy) is 1. The largest absolute Gasteiger partial charge is 0.497 e. The molecule has 1 aromatic heterocycles. The molecule has 7 nitrogen and oxygen atoms in total. The Hall–Kier alpha value is -2.57. The van der Waals surface area contributed by atoms with Crippen LogP contribution in [0.1, 0.15) is 38.1 Å². The van der Waals surface area contributed by atoms with Crippen LogP contribution in [0, 0.1) is 5.92 Å². The van der Waals surface area contributed by atoms with Crippen LogP contribution in [0.2, 0.25) is 0 Å². The zero-order valence-corrected chi connectivity index (χ0v) is 18.0. The first kappa shape index (κ1) is 21.1. The number of nitrogens with one attached hydrogen (secondary N) is 1. The summed E-state index contributed by atoms with van der Waals surface area (Å²) >= 11 is 0. The number of benzene rings is 1. The highest BCUT2D eigenvalue weighted by atomic mass is 16.5. The Morgan fingerprint density at radius 3 is 2.69 bits per heavy atom. The number of likely N-dealkylation sites (tertiary alicyclic amines) is 1. The summed E-state index contributed by atoms with van der Waals surface area (Å²) in [4.78, 5) is 7.34. The Morgan fingerprint density at radius 2 is 2.00 bits per heavy atom. The number of piperidine rings is 1. The molecule has 1 fully saturated rings. The van der Waals surface area contributed by atoms with Crippen LogP contribution in [-0.2, 0) is 19.4 Å². The van der Waals surface area contributed by atoms with Crippen molar-refractivity contribution in [3.05, 3.63) is 42.0 Å². The van der Waals surface area contributed by atoms with Gasteiger partial charge in [-0.1, -0.05) is 26.0 Å². The monoisotopic (exact) mass is 398 g/mol. The highest BCUT2D eigenvalue weighted by Crippen LogP contribution is 2.16. The minimum Gasteiger partial charge on any atom is -0.497 e. The van der Waals surface area contributed by atoms with Gasteiger partial charge < -0.3 is 19.5 Å². The minimum atomic E-state index is 0.771. The standard InChI is InChI=1S/C22H34N6O/c1-4-21-26-25-17-28(21)16-13-24-22(27-14-10-18(2)11-15-27)23-12-9-19-5-7-20(29-3)8-6-19/h5-8,17-18H,4,9-16H2,1-3H3,(H,23,24). The molecule has 158 valence electrons. The first-order valence-corrected chi connectivity index (χ1v) is 10.7. The predicted molar refractivity (Wildman–Crippen MR) is 116 cm³/mol. The van der Waals surface area contributed by atoms with Gasteiger partial charge in [-0.2, -0.15) is 0 Å². The van der Waals surface area contributed by atoms with E-state index in [1.54, 1.807) is 7.11 Å². The van der Waals surface area contributed by atoms with Crippen LogP contribution in [0.5, 0.6) is 5.75 Å². The van der Waals surface area contributed by atoms with E-state index < -0.39 is 0 Å². The number of aromatic nitrogens is 3. The van der Waals surface area contributed by atoms with Gasteiger partial charge >= 0.3 is 0 Å². The van der Waals surface area contributed by atoms with Crippen molar-refractivity contribution in [1.82, 2.24) is 25.0 Å². The topological polar surface area (TPSA) is 67.6 Å². The lowest BCUT2D eigenvalue weighted by Crippen LogP contribution is -2.46. The normalized spacial score (nSPS) is 15.6. The molecule has 1 aromatic carbocycles. The number of aryl methyl sites for hydroxylation is 1. The van der Waals surface area contributed by atoms with Gasteiger partial charge in [0.2, 0.25) is 0 Å². The Labute approximate surface area is 174 Å². The molecule has 0 aliphatic carbocycles. The molecule has 2 heterocycles. The van der Waals surface area contributed by atoms with Gasteiger partial charge in [0.05, 0.1) is 7.11 Å². The Balaban J connectivity index is 1.58. The summed E-state index contributed by atoms with van der Waals surface area (Å²) in [6, 6.07) is 8.24. The summed E-state index contributed by atoms with van der Waals surface area (Å²) in [7, 11) is 1.69. The molecule has 2 aromatic rings. The minimum absolute atomic E-state index is 0.771. The van der Waals surface area contributed by atoms with E-state index in [0.717, 1.165) is 69.0 Å². The number of rotatable bonds is 8. The van der Waals surface area contributed by atoms with Gasteiger partial charge in [-0.25, -0.2) is 0 Å². The zero-order chi connectivity index (χ0) is 20.5. The van der Waals surface area contributed by atoms with Crippen LogP contribution in [-0.4, -0.2) is 58.9 Å². The summed E-state index contributed by atoms with van der Waals surface area (Å²) in [5, 5.41) is 11.8. The zero-order valence-electron chi connectivity index (χ0n) is 18.0. The molecule has 1 N–H and O–H groups in total. The lowest BCUT2D eigenvalue weighted by atomic mass is 10.00. The summed E-state index contributed by atoms with van der Waals surface area (Å²) in [5.41, 5.74) is 1.28. The van der Waals surface area contributed by atoms with Gasteiger partial charge in [0.15, 0.2) is 5.96 Å². The van der Waals surface area contributed by atoms with Crippen LogP contribution in [0.25, 0.3) is 0 Å². The van der Waals surface area contributed by atoms with Crippen molar-refractivity contribution in [2.75, 3.05) is 33.3 Å². The van der Waals surface area contributed by atoms with Crippen LogP contribution in [0.3, 0.4) is 0 Å². The quantitative estimate of drug-likeness (QED) is 0.547. The smallest absolute Gasteiger partial charge is 0.193 e. The first-order valence-electron chi connectivity index (χ1n) is 10.7.